The number of aliphatic hydroxyl groups excluding tert-OH is 1. The highest BCUT2D eigenvalue weighted by Gasteiger charge is 2.34. The number of nitrogens with one attached hydrogen (secondary N) is 6. The summed E-state index contributed by atoms with van der Waals surface area (Å²) in [4.78, 5) is 111. The lowest BCUT2D eigenvalue weighted by atomic mass is 10.0. The molecule has 21 heteroatoms. The summed E-state index contributed by atoms with van der Waals surface area (Å²) in [5.41, 5.74) is 16.2. The molecule has 0 spiro atoms. The lowest BCUT2D eigenvalue weighted by Gasteiger charge is -2.28. The molecule has 0 aromatic rings. The smallest absolute Gasteiger partial charge is 0.326 e. The van der Waals surface area contributed by atoms with Crippen LogP contribution in [0.1, 0.15) is 73.1 Å². The maximum atomic E-state index is 13.4. The molecule has 0 bridgehead atoms. The van der Waals surface area contributed by atoms with Gasteiger partial charge >= 0.3 is 11.9 Å². The number of aliphatic hydroxyl groups is 1. The van der Waals surface area contributed by atoms with E-state index in [1.807, 2.05) is 5.32 Å². The van der Waals surface area contributed by atoms with E-state index in [1.54, 1.807) is 13.8 Å². The number of nitrogens with two attached hydrogens (primary N) is 3. The first kappa shape index (κ1) is 46.1. The Balaban J connectivity index is 5.85. The predicted octanol–water partition coefficient (Wildman–Crippen LogP) is -4.75. The molecule has 0 aromatic carbocycles. The second kappa shape index (κ2) is 22.8. The molecule has 0 fully saturated rings. The fourth-order valence-electron chi connectivity index (χ4n) is 4.43. The summed E-state index contributed by atoms with van der Waals surface area (Å²) < 4.78 is 0. The highest BCUT2D eigenvalue weighted by Crippen LogP contribution is 2.09. The molecule has 290 valence electrons. The van der Waals surface area contributed by atoms with Crippen molar-refractivity contribution in [3.63, 3.8) is 0 Å². The Morgan fingerprint density at radius 2 is 1.10 bits per heavy atom. The van der Waals surface area contributed by atoms with Crippen molar-refractivity contribution in [3.05, 3.63) is 0 Å². The van der Waals surface area contributed by atoms with Gasteiger partial charge in [-0.3, -0.25) is 38.4 Å². The summed E-state index contributed by atoms with van der Waals surface area (Å²) in [5, 5.41) is 42.4. The Labute approximate surface area is 294 Å². The molecule has 51 heavy (non-hydrogen) atoms. The number of unbranched alkanes of at least 4 members (excludes halogenated alkanes) is 1. The minimum atomic E-state index is -1.77. The normalized spacial score (nSPS) is 15.7. The molecule has 0 aliphatic rings. The molecule has 0 unspecified atom stereocenters. The molecule has 0 rings (SSSR count). The maximum Gasteiger partial charge on any atom is 0.326 e. The summed E-state index contributed by atoms with van der Waals surface area (Å²) in [6, 6.07) is -9.91. The third-order valence-corrected chi connectivity index (χ3v) is 7.24. The first-order valence-electron chi connectivity index (χ1n) is 16.3. The predicted molar refractivity (Wildman–Crippen MR) is 179 cm³/mol. The van der Waals surface area contributed by atoms with Crippen LogP contribution in [0.3, 0.4) is 0 Å². The molecule has 0 saturated heterocycles. The zero-order valence-corrected chi connectivity index (χ0v) is 29.4. The van der Waals surface area contributed by atoms with Crippen molar-refractivity contribution < 1.29 is 58.5 Å². The zero-order valence-electron chi connectivity index (χ0n) is 29.4. The van der Waals surface area contributed by atoms with Crippen LogP contribution in [0.15, 0.2) is 0 Å². The molecule has 0 aliphatic carbocycles. The van der Waals surface area contributed by atoms with E-state index < -0.39 is 115 Å². The Kier molecular flexibility index (Phi) is 20.6. The molecule has 15 N–H and O–H groups in total. The van der Waals surface area contributed by atoms with E-state index in [0.29, 0.717) is 12.8 Å². The molecule has 8 atom stereocenters. The second-order valence-corrected chi connectivity index (χ2v) is 12.5. The van der Waals surface area contributed by atoms with Gasteiger partial charge in [0.25, 0.3) is 0 Å². The lowest BCUT2D eigenvalue weighted by Crippen LogP contribution is -2.61. The molecule has 21 nitrogen and oxygen atoms in total. The molecular weight excluding hydrogens is 678 g/mol. The minimum Gasteiger partial charge on any atom is -0.481 e. The summed E-state index contributed by atoms with van der Waals surface area (Å²) in [7, 11) is 0. The van der Waals surface area contributed by atoms with Crippen molar-refractivity contribution in [2.24, 2.45) is 23.1 Å². The van der Waals surface area contributed by atoms with Gasteiger partial charge in [0.05, 0.1) is 25.0 Å². The number of hydrogen-bond donors (Lipinski definition) is 12. The van der Waals surface area contributed by atoms with E-state index in [1.165, 1.54) is 20.8 Å². The number of carbonyl (C=O) groups is 9. The fourth-order valence-corrected chi connectivity index (χ4v) is 4.43. The molecule has 0 heterocycles. The first-order valence-corrected chi connectivity index (χ1v) is 16.3. The van der Waals surface area contributed by atoms with Crippen molar-refractivity contribution in [2.45, 2.75) is 122 Å². The highest BCUT2D eigenvalue weighted by molar-refractivity contribution is 5.97. The summed E-state index contributed by atoms with van der Waals surface area (Å²) in [5.74, 6) is -9.56. The number of hydrogen-bond acceptors (Lipinski definition) is 12. The van der Waals surface area contributed by atoms with Crippen LogP contribution >= 0.6 is 0 Å². The van der Waals surface area contributed by atoms with Crippen LogP contribution < -0.4 is 49.1 Å². The maximum absolute atomic E-state index is 13.4. The number of primary amides is 1. The van der Waals surface area contributed by atoms with Crippen molar-refractivity contribution in [3.8, 4) is 0 Å². The number of carboxylic acid groups (broad SMARTS) is 2. The number of carboxylic acids is 2. The van der Waals surface area contributed by atoms with Gasteiger partial charge in [0.2, 0.25) is 41.4 Å². The second-order valence-electron chi connectivity index (χ2n) is 12.5. The van der Waals surface area contributed by atoms with E-state index in [9.17, 15) is 53.4 Å². The number of rotatable bonds is 24. The third-order valence-electron chi connectivity index (χ3n) is 7.24. The first-order chi connectivity index (χ1) is 23.6. The minimum absolute atomic E-state index is 0.0215. The fraction of sp³-hybridized carbons (Fsp3) is 0.700. The Bertz CT molecular complexity index is 1260. The monoisotopic (exact) mass is 731 g/mol. The summed E-state index contributed by atoms with van der Waals surface area (Å²) >= 11 is 0. The van der Waals surface area contributed by atoms with Crippen LogP contribution in [0.4, 0.5) is 0 Å². The Hall–Kier alpha value is -4.89. The highest BCUT2D eigenvalue weighted by atomic mass is 16.4. The van der Waals surface area contributed by atoms with Crippen LogP contribution in [0.5, 0.6) is 0 Å². The van der Waals surface area contributed by atoms with Crippen molar-refractivity contribution in [2.75, 3.05) is 6.54 Å². The standard InChI is InChI=1S/C30H53N9O12/c1-13(2)10-19(28(48)35-15(4)25(45)38-20(30(50)51)12-22(42)43)37-29(49)23(16(5)40)39-27(47)18(8-6-7-9-31)36-24(44)14(3)34-26(46)17(32)11-21(33)41/h13-20,23,40H,6-12,31-32H2,1-5H3,(H2,33,41)(H,34,46)(H,35,48)(H,36,44)(H,37,49)(H,38,45)(H,39,47)(H,42,43)(H,50,51)/t14-,15-,16+,17-,18-,19-,20-,23-/m0/s1. The van der Waals surface area contributed by atoms with Crippen molar-refractivity contribution in [1.29, 1.82) is 0 Å². The van der Waals surface area contributed by atoms with E-state index in [2.05, 4.69) is 26.6 Å². The lowest BCUT2D eigenvalue weighted by molar-refractivity contribution is -0.147. The van der Waals surface area contributed by atoms with Crippen LogP contribution in [-0.4, -0.2) is 124 Å². The van der Waals surface area contributed by atoms with E-state index in [4.69, 9.17) is 22.3 Å². The zero-order chi connectivity index (χ0) is 39.6. The van der Waals surface area contributed by atoms with E-state index in [0.717, 1.165) is 0 Å². The molecule has 0 aliphatic heterocycles. The van der Waals surface area contributed by atoms with Gasteiger partial charge < -0.3 is 64.4 Å². The average molecular weight is 732 g/mol. The van der Waals surface area contributed by atoms with Crippen molar-refractivity contribution in [1.82, 2.24) is 31.9 Å². The van der Waals surface area contributed by atoms with Gasteiger partial charge in [0, 0.05) is 0 Å². The summed E-state index contributed by atoms with van der Waals surface area (Å²) in [6.07, 6.45) is -2.02. The summed E-state index contributed by atoms with van der Waals surface area (Å²) in [6.45, 7) is 7.43. The Morgan fingerprint density at radius 1 is 0.608 bits per heavy atom. The van der Waals surface area contributed by atoms with Crippen LogP contribution in [0.2, 0.25) is 0 Å². The SMILES string of the molecule is CC(C)C[C@H](NC(=O)[C@@H](NC(=O)[C@H](CCCCN)NC(=O)[C@H](C)NC(=O)[C@@H](N)CC(N)=O)[C@@H](C)O)C(=O)N[C@@H](C)C(=O)N[C@@H](CC(=O)O)C(=O)O. The quantitative estimate of drug-likeness (QED) is 0.0415. The molecule has 0 radical (unpaired) electrons. The number of amides is 7. The van der Waals surface area contributed by atoms with Gasteiger partial charge in [-0.05, 0) is 58.9 Å². The van der Waals surface area contributed by atoms with Crippen LogP contribution in [0, 0.1) is 5.92 Å². The molecule has 7 amide bonds. The van der Waals surface area contributed by atoms with Gasteiger partial charge in [-0.25, -0.2) is 4.79 Å². The van der Waals surface area contributed by atoms with Crippen LogP contribution in [0.25, 0.3) is 0 Å². The van der Waals surface area contributed by atoms with E-state index >= 15 is 0 Å². The van der Waals surface area contributed by atoms with Gasteiger partial charge in [-0.1, -0.05) is 13.8 Å². The number of carbonyl (C=O) groups excluding carboxylic acids is 7. The third kappa shape index (κ3) is 18.1. The van der Waals surface area contributed by atoms with Gasteiger partial charge in [-0.15, -0.1) is 0 Å². The van der Waals surface area contributed by atoms with Crippen molar-refractivity contribution >= 4 is 53.3 Å². The van der Waals surface area contributed by atoms with Gasteiger partial charge in [0.15, 0.2) is 0 Å². The topological polar surface area (TPSA) is 365 Å². The average Bonchev–Trinajstić information content (AvgIpc) is 3.00. The Morgan fingerprint density at radius 3 is 1.55 bits per heavy atom. The number of aliphatic carboxylic acids is 2. The van der Waals surface area contributed by atoms with Gasteiger partial charge in [0.1, 0.15) is 36.3 Å². The molecule has 0 aromatic heterocycles. The van der Waals surface area contributed by atoms with E-state index in [-0.39, 0.29) is 25.3 Å². The molecular formula is C30H53N9O12. The van der Waals surface area contributed by atoms with Gasteiger partial charge in [-0.2, -0.15) is 0 Å². The largest absolute Gasteiger partial charge is 0.481 e. The molecule has 0 saturated carbocycles. The van der Waals surface area contributed by atoms with Crippen LogP contribution in [-0.2, 0) is 43.2 Å².